The fourth-order valence-corrected chi connectivity index (χ4v) is 2.64. The third kappa shape index (κ3) is 3.03. The zero-order chi connectivity index (χ0) is 19.1. The molecule has 0 bridgehead atoms. The van der Waals surface area contributed by atoms with Gasteiger partial charge in [0.15, 0.2) is 5.54 Å². The van der Waals surface area contributed by atoms with Crippen LogP contribution in [-0.4, -0.2) is 29.3 Å². The second-order valence-corrected chi connectivity index (χ2v) is 6.03. The van der Waals surface area contributed by atoms with E-state index in [9.17, 15) is 23.2 Å². The number of amides is 4. The normalized spacial score (nSPS) is 19.6. The van der Waals surface area contributed by atoms with Crippen LogP contribution in [0, 0.1) is 18.6 Å². The fraction of sp³-hybridized carbons (Fsp3) is 0.235. The van der Waals surface area contributed by atoms with Crippen molar-refractivity contribution in [3.05, 3.63) is 53.5 Å². The summed E-state index contributed by atoms with van der Waals surface area (Å²) in [4.78, 5) is 37.5. The Morgan fingerprint density at radius 3 is 2.65 bits per heavy atom. The fourth-order valence-electron chi connectivity index (χ4n) is 2.64. The van der Waals surface area contributed by atoms with Crippen molar-refractivity contribution in [2.75, 3.05) is 11.9 Å². The van der Waals surface area contributed by atoms with E-state index in [4.69, 9.17) is 4.42 Å². The molecule has 1 aromatic heterocycles. The van der Waals surface area contributed by atoms with E-state index >= 15 is 0 Å². The first-order valence-electron chi connectivity index (χ1n) is 7.66. The van der Waals surface area contributed by atoms with Crippen LogP contribution >= 0.6 is 0 Å². The number of carbonyl (C=O) groups is 3. The summed E-state index contributed by atoms with van der Waals surface area (Å²) >= 11 is 0. The van der Waals surface area contributed by atoms with Gasteiger partial charge in [-0.3, -0.25) is 14.5 Å². The molecule has 0 saturated carbocycles. The largest absolute Gasteiger partial charge is 0.463 e. The maximum absolute atomic E-state index is 13.6. The van der Waals surface area contributed by atoms with Crippen LogP contribution in [0.1, 0.15) is 18.4 Å². The minimum absolute atomic E-state index is 0.229. The number of imide groups is 1. The first-order valence-corrected chi connectivity index (χ1v) is 7.66. The van der Waals surface area contributed by atoms with Crippen molar-refractivity contribution in [3.63, 3.8) is 0 Å². The highest BCUT2D eigenvalue weighted by Gasteiger charge is 2.51. The van der Waals surface area contributed by atoms with E-state index in [1.807, 2.05) is 0 Å². The lowest BCUT2D eigenvalue weighted by molar-refractivity contribution is -0.134. The molecule has 26 heavy (non-hydrogen) atoms. The molecule has 1 atom stereocenters. The predicted molar refractivity (Wildman–Crippen MR) is 86.0 cm³/mol. The van der Waals surface area contributed by atoms with Crippen LogP contribution in [0.15, 0.2) is 34.7 Å². The molecule has 1 aliphatic rings. The molecule has 3 rings (SSSR count). The maximum atomic E-state index is 13.6. The highest BCUT2D eigenvalue weighted by atomic mass is 19.1. The molecule has 0 aliphatic carbocycles. The average molecular weight is 363 g/mol. The second-order valence-electron chi connectivity index (χ2n) is 6.03. The number of nitrogens with one attached hydrogen (secondary N) is 2. The van der Waals surface area contributed by atoms with Crippen molar-refractivity contribution in [2.45, 2.75) is 19.4 Å². The van der Waals surface area contributed by atoms with Crippen LogP contribution in [0.3, 0.4) is 0 Å². The number of rotatable bonds is 4. The van der Waals surface area contributed by atoms with Gasteiger partial charge in [-0.2, -0.15) is 0 Å². The zero-order valence-corrected chi connectivity index (χ0v) is 13.9. The Balaban J connectivity index is 1.75. The summed E-state index contributed by atoms with van der Waals surface area (Å²) < 4.78 is 32.2. The van der Waals surface area contributed by atoms with E-state index in [1.54, 1.807) is 19.1 Å². The van der Waals surface area contributed by atoms with E-state index in [0.717, 1.165) is 18.2 Å². The molecule has 0 radical (unpaired) electrons. The highest BCUT2D eigenvalue weighted by molar-refractivity contribution is 6.10. The van der Waals surface area contributed by atoms with Gasteiger partial charge in [0.05, 0.1) is 5.69 Å². The van der Waals surface area contributed by atoms with Crippen LogP contribution in [0.25, 0.3) is 0 Å². The average Bonchev–Trinajstić information content (AvgIpc) is 3.09. The summed E-state index contributed by atoms with van der Waals surface area (Å²) in [7, 11) is 0. The minimum Gasteiger partial charge on any atom is -0.463 e. The highest BCUT2D eigenvalue weighted by Crippen LogP contribution is 2.30. The number of hydrogen-bond acceptors (Lipinski definition) is 4. The summed E-state index contributed by atoms with van der Waals surface area (Å²) in [6.07, 6.45) is 0. The van der Waals surface area contributed by atoms with Crippen molar-refractivity contribution in [1.82, 2.24) is 10.2 Å². The zero-order valence-electron chi connectivity index (χ0n) is 13.9. The van der Waals surface area contributed by atoms with Gasteiger partial charge >= 0.3 is 6.03 Å². The number of furan rings is 1. The maximum Gasteiger partial charge on any atom is 0.325 e. The Hall–Kier alpha value is -3.23. The van der Waals surface area contributed by atoms with E-state index in [2.05, 4.69) is 10.6 Å². The number of anilines is 1. The Labute approximate surface area is 147 Å². The number of carbonyl (C=O) groups excluding carboxylic acids is 3. The smallest absolute Gasteiger partial charge is 0.325 e. The summed E-state index contributed by atoms with van der Waals surface area (Å²) in [6.45, 7) is 2.48. The molecule has 2 aromatic rings. The Kier molecular flexibility index (Phi) is 4.23. The molecule has 0 unspecified atom stereocenters. The molecule has 7 nitrogen and oxygen atoms in total. The monoisotopic (exact) mass is 363 g/mol. The Morgan fingerprint density at radius 2 is 2.00 bits per heavy atom. The molecule has 1 aliphatic heterocycles. The van der Waals surface area contributed by atoms with Gasteiger partial charge in [0.2, 0.25) is 5.91 Å². The summed E-state index contributed by atoms with van der Waals surface area (Å²) in [5.41, 5.74) is -1.83. The van der Waals surface area contributed by atoms with Crippen LogP contribution < -0.4 is 10.6 Å². The van der Waals surface area contributed by atoms with E-state index < -0.39 is 41.6 Å². The van der Waals surface area contributed by atoms with Gasteiger partial charge in [-0.25, -0.2) is 13.6 Å². The molecule has 136 valence electrons. The second kappa shape index (κ2) is 6.25. The lowest BCUT2D eigenvalue weighted by Crippen LogP contribution is -2.42. The molecular weight excluding hydrogens is 348 g/mol. The molecule has 4 amide bonds. The van der Waals surface area contributed by atoms with E-state index in [1.165, 1.54) is 6.92 Å². The quantitative estimate of drug-likeness (QED) is 0.815. The van der Waals surface area contributed by atoms with E-state index in [-0.39, 0.29) is 11.4 Å². The molecule has 1 aromatic carbocycles. The molecule has 1 saturated heterocycles. The van der Waals surface area contributed by atoms with Gasteiger partial charge in [-0.15, -0.1) is 0 Å². The number of benzene rings is 1. The van der Waals surface area contributed by atoms with Crippen LogP contribution in [0.4, 0.5) is 19.3 Å². The first-order chi connectivity index (χ1) is 12.2. The lowest BCUT2D eigenvalue weighted by Gasteiger charge is -2.19. The third-order valence-corrected chi connectivity index (χ3v) is 4.01. The van der Waals surface area contributed by atoms with Crippen molar-refractivity contribution in [2.24, 2.45) is 0 Å². The molecule has 2 N–H and O–H groups in total. The summed E-state index contributed by atoms with van der Waals surface area (Å²) in [6, 6.07) is 4.96. The standard InChI is InChI=1S/C17H15F2N3O4/c1-9-3-6-13(26-9)17(2)15(24)22(16(25)21-17)8-14(23)20-12-7-10(18)4-5-11(12)19/h3-7H,8H2,1-2H3,(H,20,23)(H,21,25)/t17-/m0/s1. The van der Waals surface area contributed by atoms with Crippen molar-refractivity contribution in [3.8, 4) is 0 Å². The first kappa shape index (κ1) is 17.6. The van der Waals surface area contributed by atoms with Gasteiger partial charge < -0.3 is 15.1 Å². The van der Waals surface area contributed by atoms with Crippen molar-refractivity contribution >= 4 is 23.5 Å². The molecule has 0 spiro atoms. The number of aryl methyl sites for hydroxylation is 1. The summed E-state index contributed by atoms with van der Waals surface area (Å²) in [5, 5.41) is 4.62. The number of hydrogen-bond donors (Lipinski definition) is 2. The van der Waals surface area contributed by atoms with Crippen LogP contribution in [-0.2, 0) is 15.1 Å². The van der Waals surface area contributed by atoms with Crippen molar-refractivity contribution < 1.29 is 27.6 Å². The Morgan fingerprint density at radius 1 is 1.27 bits per heavy atom. The minimum atomic E-state index is -1.45. The van der Waals surface area contributed by atoms with E-state index in [0.29, 0.717) is 10.7 Å². The number of urea groups is 1. The molecule has 9 heteroatoms. The predicted octanol–water partition coefficient (Wildman–Crippen LogP) is 2.27. The van der Waals surface area contributed by atoms with Gasteiger partial charge in [0.1, 0.15) is 29.7 Å². The lowest BCUT2D eigenvalue weighted by atomic mass is 9.99. The number of nitrogens with zero attached hydrogens (tertiary/aromatic N) is 1. The van der Waals surface area contributed by atoms with Crippen LogP contribution in [0.5, 0.6) is 0 Å². The Bertz CT molecular complexity index is 911. The number of halogens is 2. The third-order valence-electron chi connectivity index (χ3n) is 4.01. The molecule has 2 heterocycles. The van der Waals surface area contributed by atoms with Gasteiger partial charge in [-0.1, -0.05) is 0 Å². The molecule has 1 fully saturated rings. The van der Waals surface area contributed by atoms with Crippen molar-refractivity contribution in [1.29, 1.82) is 0 Å². The topological polar surface area (TPSA) is 91.7 Å². The summed E-state index contributed by atoms with van der Waals surface area (Å²) in [5.74, 6) is -2.33. The SMILES string of the molecule is Cc1ccc([C@]2(C)NC(=O)N(CC(=O)Nc3cc(F)ccc3F)C2=O)o1. The van der Waals surface area contributed by atoms with Gasteiger partial charge in [0, 0.05) is 6.07 Å². The van der Waals surface area contributed by atoms with Crippen LogP contribution in [0.2, 0.25) is 0 Å². The molecular formula is C17H15F2N3O4. The van der Waals surface area contributed by atoms with Gasteiger partial charge in [0.25, 0.3) is 5.91 Å². The van der Waals surface area contributed by atoms with Gasteiger partial charge in [-0.05, 0) is 38.1 Å².